The van der Waals surface area contributed by atoms with E-state index in [4.69, 9.17) is 16.3 Å². The molecule has 0 aliphatic heterocycles. The van der Waals surface area contributed by atoms with Gasteiger partial charge in [0.05, 0.1) is 12.7 Å². The summed E-state index contributed by atoms with van der Waals surface area (Å²) < 4.78 is 6.09. The molecule has 2 nitrogen and oxygen atoms in total. The van der Waals surface area contributed by atoms with E-state index in [1.54, 1.807) is 24.3 Å². The van der Waals surface area contributed by atoms with Crippen LogP contribution in [0.1, 0.15) is 21.5 Å². The Balaban J connectivity index is 2.55. The van der Waals surface area contributed by atoms with E-state index in [1.807, 2.05) is 19.1 Å². The third kappa shape index (κ3) is 2.99. The lowest BCUT2D eigenvalue weighted by molar-refractivity contribution is 0.103. The number of hydrogen-bond donors (Lipinski definition) is 0. The summed E-state index contributed by atoms with van der Waals surface area (Å²) >= 11 is 9.34. The summed E-state index contributed by atoms with van der Waals surface area (Å²) in [6, 6.07) is 10.6. The maximum atomic E-state index is 12.6. The Morgan fingerprint density at radius 1 is 1.16 bits per heavy atom. The van der Waals surface area contributed by atoms with Crippen LogP contribution in [-0.2, 0) is 0 Å². The molecule has 0 heterocycles. The Morgan fingerprint density at radius 2 is 1.89 bits per heavy atom. The minimum Gasteiger partial charge on any atom is -0.496 e. The van der Waals surface area contributed by atoms with Crippen molar-refractivity contribution in [2.24, 2.45) is 0 Å². The number of ketones is 1. The molecule has 0 radical (unpaired) electrons. The van der Waals surface area contributed by atoms with Crippen LogP contribution in [0.5, 0.6) is 5.75 Å². The summed E-state index contributed by atoms with van der Waals surface area (Å²) in [5.74, 6) is 0.423. The van der Waals surface area contributed by atoms with Crippen LogP contribution in [0.3, 0.4) is 0 Å². The molecule has 0 aliphatic carbocycles. The van der Waals surface area contributed by atoms with E-state index in [0.717, 1.165) is 10.0 Å². The van der Waals surface area contributed by atoms with Gasteiger partial charge in [-0.1, -0.05) is 33.6 Å². The lowest BCUT2D eigenvalue weighted by Crippen LogP contribution is -2.06. The second kappa shape index (κ2) is 5.76. The van der Waals surface area contributed by atoms with E-state index in [1.165, 1.54) is 7.11 Å². The summed E-state index contributed by atoms with van der Waals surface area (Å²) in [7, 11) is 1.54. The molecule has 0 aliphatic rings. The van der Waals surface area contributed by atoms with Crippen molar-refractivity contribution in [1.29, 1.82) is 0 Å². The van der Waals surface area contributed by atoms with Gasteiger partial charge in [-0.2, -0.15) is 0 Å². The Kier molecular flexibility index (Phi) is 4.27. The predicted octanol–water partition coefficient (Wildman–Crippen LogP) is 4.65. The molecule has 0 aromatic heterocycles. The molecule has 0 atom stereocenters. The molecule has 0 N–H and O–H groups in total. The molecular formula is C15H12BrClO2. The van der Waals surface area contributed by atoms with Crippen LogP contribution in [0.4, 0.5) is 0 Å². The molecule has 0 bridgehead atoms. The first kappa shape index (κ1) is 14.1. The molecule has 0 fully saturated rings. The van der Waals surface area contributed by atoms with E-state index in [2.05, 4.69) is 15.9 Å². The Morgan fingerprint density at radius 3 is 2.58 bits per heavy atom. The van der Waals surface area contributed by atoms with Crippen LogP contribution in [0.25, 0.3) is 0 Å². The van der Waals surface area contributed by atoms with Crippen molar-refractivity contribution in [3.63, 3.8) is 0 Å². The van der Waals surface area contributed by atoms with Crippen LogP contribution in [0, 0.1) is 6.92 Å². The monoisotopic (exact) mass is 338 g/mol. The minimum atomic E-state index is -0.0989. The Labute approximate surface area is 125 Å². The highest BCUT2D eigenvalue weighted by Crippen LogP contribution is 2.27. The zero-order valence-corrected chi connectivity index (χ0v) is 12.9. The molecule has 19 heavy (non-hydrogen) atoms. The topological polar surface area (TPSA) is 26.3 Å². The van der Waals surface area contributed by atoms with Crippen molar-refractivity contribution in [3.05, 3.63) is 62.6 Å². The third-order valence-corrected chi connectivity index (χ3v) is 3.58. The first-order valence-electron chi connectivity index (χ1n) is 5.67. The molecule has 2 aromatic rings. The van der Waals surface area contributed by atoms with Crippen LogP contribution < -0.4 is 4.74 Å². The molecule has 0 saturated carbocycles. The average molecular weight is 340 g/mol. The van der Waals surface area contributed by atoms with Gasteiger partial charge in [-0.05, 0) is 42.8 Å². The SMILES string of the molecule is COc1ccc(Cl)cc1C(=O)c1cc(Br)ccc1C. The summed E-state index contributed by atoms with van der Waals surface area (Å²) in [6.07, 6.45) is 0. The van der Waals surface area contributed by atoms with E-state index in [0.29, 0.717) is 21.9 Å². The third-order valence-electron chi connectivity index (χ3n) is 2.85. The maximum absolute atomic E-state index is 12.6. The van der Waals surface area contributed by atoms with Gasteiger partial charge in [0.15, 0.2) is 5.78 Å². The quantitative estimate of drug-likeness (QED) is 0.761. The van der Waals surface area contributed by atoms with Gasteiger partial charge in [-0.3, -0.25) is 4.79 Å². The van der Waals surface area contributed by atoms with Gasteiger partial charge in [-0.15, -0.1) is 0 Å². The van der Waals surface area contributed by atoms with E-state index >= 15 is 0 Å². The number of rotatable bonds is 3. The van der Waals surface area contributed by atoms with Crippen LogP contribution in [-0.4, -0.2) is 12.9 Å². The van der Waals surface area contributed by atoms with Crippen LogP contribution >= 0.6 is 27.5 Å². The molecule has 98 valence electrons. The molecule has 0 saturated heterocycles. The molecule has 4 heteroatoms. The molecule has 0 spiro atoms. The van der Waals surface area contributed by atoms with Crippen molar-refractivity contribution in [3.8, 4) is 5.75 Å². The van der Waals surface area contributed by atoms with Gasteiger partial charge in [-0.25, -0.2) is 0 Å². The van der Waals surface area contributed by atoms with Crippen LogP contribution in [0.15, 0.2) is 40.9 Å². The second-order valence-electron chi connectivity index (χ2n) is 4.13. The Bertz CT molecular complexity index is 638. The fourth-order valence-electron chi connectivity index (χ4n) is 1.84. The summed E-state index contributed by atoms with van der Waals surface area (Å²) in [4.78, 5) is 12.6. The fraction of sp³-hybridized carbons (Fsp3) is 0.133. The van der Waals surface area contributed by atoms with E-state index < -0.39 is 0 Å². The summed E-state index contributed by atoms with van der Waals surface area (Å²) in [6.45, 7) is 1.90. The number of methoxy groups -OCH3 is 1. The molecule has 0 unspecified atom stereocenters. The minimum absolute atomic E-state index is 0.0989. The molecular weight excluding hydrogens is 328 g/mol. The average Bonchev–Trinajstić information content (AvgIpc) is 2.40. The van der Waals surface area contributed by atoms with Crippen molar-refractivity contribution in [2.45, 2.75) is 6.92 Å². The van der Waals surface area contributed by atoms with Crippen LogP contribution in [0.2, 0.25) is 5.02 Å². The van der Waals surface area contributed by atoms with Gasteiger partial charge < -0.3 is 4.74 Å². The number of aryl methyl sites for hydroxylation is 1. The van der Waals surface area contributed by atoms with Gasteiger partial charge >= 0.3 is 0 Å². The number of carbonyl (C=O) groups is 1. The molecule has 2 aromatic carbocycles. The smallest absolute Gasteiger partial charge is 0.197 e. The highest BCUT2D eigenvalue weighted by Gasteiger charge is 2.17. The maximum Gasteiger partial charge on any atom is 0.197 e. The number of halogens is 2. The Hall–Kier alpha value is -1.32. The first-order chi connectivity index (χ1) is 9.02. The zero-order chi connectivity index (χ0) is 14.0. The lowest BCUT2D eigenvalue weighted by atomic mass is 9.98. The normalized spacial score (nSPS) is 10.3. The number of benzene rings is 2. The van der Waals surface area contributed by atoms with E-state index in [9.17, 15) is 4.79 Å². The summed E-state index contributed by atoms with van der Waals surface area (Å²) in [5.41, 5.74) is 2.02. The van der Waals surface area contributed by atoms with Gasteiger partial charge in [0.25, 0.3) is 0 Å². The van der Waals surface area contributed by atoms with Crippen molar-refractivity contribution < 1.29 is 9.53 Å². The predicted molar refractivity (Wildman–Crippen MR) is 80.3 cm³/mol. The van der Waals surface area contributed by atoms with Crippen molar-refractivity contribution in [2.75, 3.05) is 7.11 Å². The van der Waals surface area contributed by atoms with Gasteiger partial charge in [0.1, 0.15) is 5.75 Å². The van der Waals surface area contributed by atoms with Gasteiger partial charge in [0, 0.05) is 15.1 Å². The number of carbonyl (C=O) groups excluding carboxylic acids is 1. The number of ether oxygens (including phenoxy) is 1. The van der Waals surface area contributed by atoms with Crippen molar-refractivity contribution >= 4 is 33.3 Å². The largest absolute Gasteiger partial charge is 0.496 e. The first-order valence-corrected chi connectivity index (χ1v) is 6.84. The standard InChI is InChI=1S/C15H12BrClO2/c1-9-3-4-10(16)7-12(9)15(18)13-8-11(17)5-6-14(13)19-2/h3-8H,1-2H3. The highest BCUT2D eigenvalue weighted by atomic mass is 79.9. The number of hydrogen-bond acceptors (Lipinski definition) is 2. The van der Waals surface area contributed by atoms with Crippen molar-refractivity contribution in [1.82, 2.24) is 0 Å². The highest BCUT2D eigenvalue weighted by molar-refractivity contribution is 9.10. The lowest BCUT2D eigenvalue weighted by Gasteiger charge is -2.10. The van der Waals surface area contributed by atoms with Gasteiger partial charge in [0.2, 0.25) is 0 Å². The summed E-state index contributed by atoms with van der Waals surface area (Å²) in [5, 5.41) is 0.511. The zero-order valence-electron chi connectivity index (χ0n) is 10.5. The fourth-order valence-corrected chi connectivity index (χ4v) is 2.37. The van der Waals surface area contributed by atoms with E-state index in [-0.39, 0.29) is 5.78 Å². The second-order valence-corrected chi connectivity index (χ2v) is 5.49. The molecule has 0 amide bonds. The molecule has 2 rings (SSSR count).